The monoisotopic (exact) mass is 966 g/mol. The molecule has 9 heteroatoms. The van der Waals surface area contributed by atoms with Gasteiger partial charge in [-0.25, -0.2) is 0 Å². The number of hydrogen-bond donors (Lipinski definition) is 1. The van der Waals surface area contributed by atoms with E-state index in [1.54, 1.807) is 0 Å². The van der Waals surface area contributed by atoms with E-state index < -0.39 is 5.60 Å². The van der Waals surface area contributed by atoms with Crippen LogP contribution >= 0.6 is 0 Å². The minimum Gasteiger partial charge on any atom is -0.466 e. The Morgan fingerprint density at radius 3 is 1.41 bits per heavy atom. The summed E-state index contributed by atoms with van der Waals surface area (Å²) in [4.78, 5) is 39.1. The molecule has 0 aliphatic carbocycles. The molecule has 1 saturated heterocycles. The maximum Gasteiger partial charge on any atom is 0.309 e. The first-order valence-corrected chi connectivity index (χ1v) is 29.5. The standard InChI is InChI=1S/C40H77NO6.C19H38O2/c1-5-8-11-13-17-28-40(44,30-19-22-35-47-39(43)36-26-31-41(4)32-27-36)29-18-14-15-21-34-46-38(42)25-24-37(23-16-12-9-6-2)45-33-20-10-7-3;1-5-8-10-11-13-18(21-16-12-9-6-2)14-15-19(20)17(4)7-3/h36-37,44H,5-35H2,1-4H3;17-18H,5-16H2,1-4H3. The van der Waals surface area contributed by atoms with Crippen molar-refractivity contribution in [3.8, 4) is 0 Å². The maximum absolute atomic E-state index is 12.4. The third kappa shape index (κ3) is 40.1. The Kier molecular flexibility index (Phi) is 46.7. The summed E-state index contributed by atoms with van der Waals surface area (Å²) < 4.78 is 23.3. The number of piperidine rings is 1. The fourth-order valence-electron chi connectivity index (χ4n) is 9.17. The van der Waals surface area contributed by atoms with Crippen molar-refractivity contribution in [1.82, 2.24) is 4.90 Å². The third-order valence-electron chi connectivity index (χ3n) is 14.4. The first kappa shape index (κ1) is 66.5. The van der Waals surface area contributed by atoms with Crippen molar-refractivity contribution in [3.63, 3.8) is 0 Å². The van der Waals surface area contributed by atoms with Crippen molar-refractivity contribution >= 4 is 17.7 Å². The van der Waals surface area contributed by atoms with E-state index in [9.17, 15) is 19.5 Å². The van der Waals surface area contributed by atoms with E-state index in [4.69, 9.17) is 18.9 Å². The zero-order chi connectivity index (χ0) is 50.4. The molecule has 0 saturated carbocycles. The van der Waals surface area contributed by atoms with Crippen LogP contribution in [0.3, 0.4) is 0 Å². The fraction of sp³-hybridized carbons (Fsp3) is 0.949. The number of aliphatic hydroxyl groups is 1. The van der Waals surface area contributed by atoms with Crippen LogP contribution in [0.4, 0.5) is 0 Å². The summed E-state index contributed by atoms with van der Waals surface area (Å²) in [6, 6.07) is 0. The highest BCUT2D eigenvalue weighted by Gasteiger charge is 2.27. The van der Waals surface area contributed by atoms with Gasteiger partial charge in [0.1, 0.15) is 5.78 Å². The SMILES string of the molecule is CCCCCCC(CCC(=O)C(C)CC)OCCCCC.CCCCCCCC(O)(CCCCCCOC(=O)CCC(CCCCCC)OCCCCC)CCCCOC(=O)C1CCN(C)CC1. The molecule has 9 nitrogen and oxygen atoms in total. The maximum atomic E-state index is 12.4. The van der Waals surface area contributed by atoms with Crippen LogP contribution in [0.15, 0.2) is 0 Å². The summed E-state index contributed by atoms with van der Waals surface area (Å²) in [5, 5.41) is 11.6. The summed E-state index contributed by atoms with van der Waals surface area (Å²) in [5.41, 5.74) is -0.637. The lowest BCUT2D eigenvalue weighted by Gasteiger charge is -2.29. The van der Waals surface area contributed by atoms with Gasteiger partial charge in [0.2, 0.25) is 0 Å². The smallest absolute Gasteiger partial charge is 0.309 e. The number of nitrogens with zero attached hydrogens (tertiary/aromatic N) is 1. The lowest BCUT2D eigenvalue weighted by Crippen LogP contribution is -2.34. The number of ketones is 1. The van der Waals surface area contributed by atoms with Crippen molar-refractivity contribution < 1.29 is 38.4 Å². The fourth-order valence-corrected chi connectivity index (χ4v) is 9.17. The molecular weight excluding hydrogens is 851 g/mol. The average Bonchev–Trinajstić information content (AvgIpc) is 3.34. The molecule has 1 aliphatic heterocycles. The number of carbonyl (C=O) groups is 3. The van der Waals surface area contributed by atoms with Crippen LogP contribution in [0.25, 0.3) is 0 Å². The second-order valence-electron chi connectivity index (χ2n) is 20.9. The lowest BCUT2D eigenvalue weighted by molar-refractivity contribution is -0.150. The van der Waals surface area contributed by atoms with Gasteiger partial charge < -0.3 is 29.0 Å². The molecule has 4 atom stereocenters. The number of ether oxygens (including phenoxy) is 4. The molecule has 4 unspecified atom stereocenters. The van der Waals surface area contributed by atoms with Gasteiger partial charge in [0.05, 0.1) is 36.9 Å². The molecule has 0 aromatic heterocycles. The number of unbranched alkanes of at least 4 members (excludes halogenated alkanes) is 18. The van der Waals surface area contributed by atoms with Gasteiger partial charge in [0.15, 0.2) is 0 Å². The molecule has 0 spiro atoms. The second kappa shape index (κ2) is 47.8. The van der Waals surface area contributed by atoms with Gasteiger partial charge in [-0.1, -0.05) is 177 Å². The van der Waals surface area contributed by atoms with Gasteiger partial charge >= 0.3 is 11.9 Å². The molecule has 0 aromatic carbocycles. The highest BCUT2D eigenvalue weighted by atomic mass is 16.5. The zero-order valence-corrected chi connectivity index (χ0v) is 46.5. The number of likely N-dealkylation sites (tertiary alicyclic amines) is 1. The van der Waals surface area contributed by atoms with Gasteiger partial charge in [0.25, 0.3) is 0 Å². The highest BCUT2D eigenvalue weighted by Crippen LogP contribution is 2.29. The Morgan fingerprint density at radius 2 is 0.912 bits per heavy atom. The van der Waals surface area contributed by atoms with E-state index in [1.165, 1.54) is 103 Å². The van der Waals surface area contributed by atoms with Crippen molar-refractivity contribution in [2.75, 3.05) is 46.6 Å². The van der Waals surface area contributed by atoms with Crippen LogP contribution in [0.1, 0.15) is 286 Å². The van der Waals surface area contributed by atoms with E-state index in [0.717, 1.165) is 148 Å². The van der Waals surface area contributed by atoms with Crippen LogP contribution in [-0.4, -0.2) is 92.1 Å². The molecule has 68 heavy (non-hydrogen) atoms. The number of esters is 2. The quantitative estimate of drug-likeness (QED) is 0.0471. The Hall–Kier alpha value is -1.55. The van der Waals surface area contributed by atoms with E-state index in [-0.39, 0.29) is 29.9 Å². The Labute approximate surface area is 421 Å². The lowest BCUT2D eigenvalue weighted by atomic mass is 9.85. The van der Waals surface area contributed by atoms with Gasteiger partial charge in [-0.15, -0.1) is 0 Å². The van der Waals surface area contributed by atoms with Crippen LogP contribution < -0.4 is 0 Å². The number of hydrogen-bond acceptors (Lipinski definition) is 9. The molecule has 404 valence electrons. The van der Waals surface area contributed by atoms with Gasteiger partial charge in [0, 0.05) is 32.0 Å². The first-order chi connectivity index (χ1) is 33.0. The summed E-state index contributed by atoms with van der Waals surface area (Å²) in [6.07, 6.45) is 39.3. The van der Waals surface area contributed by atoms with E-state index in [0.29, 0.717) is 37.9 Å². The molecule has 0 bridgehead atoms. The minimum atomic E-state index is -0.637. The van der Waals surface area contributed by atoms with Crippen molar-refractivity contribution in [1.29, 1.82) is 0 Å². The molecule has 0 amide bonds. The highest BCUT2D eigenvalue weighted by molar-refractivity contribution is 5.80. The van der Waals surface area contributed by atoms with Crippen molar-refractivity contribution in [2.45, 2.75) is 304 Å². The van der Waals surface area contributed by atoms with Gasteiger partial charge in [-0.3, -0.25) is 14.4 Å². The molecule has 1 rings (SSSR count). The Morgan fingerprint density at radius 1 is 0.515 bits per heavy atom. The van der Waals surface area contributed by atoms with Gasteiger partial charge in [-0.2, -0.15) is 0 Å². The molecule has 1 N–H and O–H groups in total. The minimum absolute atomic E-state index is 0.0382. The van der Waals surface area contributed by atoms with E-state index in [2.05, 4.69) is 53.5 Å². The van der Waals surface area contributed by atoms with Crippen LogP contribution in [-0.2, 0) is 33.3 Å². The third-order valence-corrected chi connectivity index (χ3v) is 14.4. The van der Waals surface area contributed by atoms with Crippen LogP contribution in [0.2, 0.25) is 0 Å². The first-order valence-electron chi connectivity index (χ1n) is 29.5. The number of Topliss-reactive ketones (excluding diaryl/α,β-unsaturated/α-hetero) is 1. The largest absolute Gasteiger partial charge is 0.466 e. The normalized spacial score (nSPS) is 15.5. The molecule has 0 radical (unpaired) electrons. The average molecular weight is 967 g/mol. The van der Waals surface area contributed by atoms with Crippen LogP contribution in [0, 0.1) is 11.8 Å². The Balaban J connectivity index is 0.00000178. The van der Waals surface area contributed by atoms with Crippen molar-refractivity contribution in [2.24, 2.45) is 11.8 Å². The number of rotatable bonds is 47. The van der Waals surface area contributed by atoms with E-state index in [1.807, 2.05) is 6.92 Å². The molecular formula is C59H115NO8. The topological polar surface area (TPSA) is 112 Å². The Bertz CT molecular complexity index is 1100. The summed E-state index contributed by atoms with van der Waals surface area (Å²) in [5.74, 6) is 0.532. The summed E-state index contributed by atoms with van der Waals surface area (Å²) in [7, 11) is 2.10. The van der Waals surface area contributed by atoms with E-state index >= 15 is 0 Å². The zero-order valence-electron chi connectivity index (χ0n) is 46.5. The molecule has 1 fully saturated rings. The predicted molar refractivity (Wildman–Crippen MR) is 286 cm³/mol. The summed E-state index contributed by atoms with van der Waals surface area (Å²) >= 11 is 0. The number of carbonyl (C=O) groups excluding carboxylic acids is 3. The van der Waals surface area contributed by atoms with Crippen molar-refractivity contribution in [3.05, 3.63) is 0 Å². The summed E-state index contributed by atoms with van der Waals surface area (Å²) in [6.45, 7) is 19.8. The second-order valence-corrected chi connectivity index (χ2v) is 20.9. The molecule has 1 heterocycles. The molecule has 1 aliphatic rings. The van der Waals surface area contributed by atoms with Crippen LogP contribution in [0.5, 0.6) is 0 Å². The van der Waals surface area contributed by atoms with Gasteiger partial charge in [-0.05, 0) is 116 Å². The predicted octanol–water partition coefficient (Wildman–Crippen LogP) is 15.9. The molecule has 0 aromatic rings.